The predicted octanol–water partition coefficient (Wildman–Crippen LogP) is 4.67. The second-order valence-electron chi connectivity index (χ2n) is 4.42. The van der Waals surface area contributed by atoms with Crippen molar-refractivity contribution < 1.29 is 18.3 Å². The van der Waals surface area contributed by atoms with E-state index in [0.29, 0.717) is 0 Å². The van der Waals surface area contributed by atoms with Gasteiger partial charge in [0.15, 0.2) is 11.6 Å². The minimum absolute atomic E-state index is 0.0509. The Morgan fingerprint density at radius 3 is 2.25 bits per heavy atom. The van der Waals surface area contributed by atoms with Crippen molar-refractivity contribution in [2.45, 2.75) is 12.5 Å². The Kier molecular flexibility index (Phi) is 4.00. The van der Waals surface area contributed by atoms with Crippen LogP contribution in [0.3, 0.4) is 0 Å². The second-order valence-corrected chi connectivity index (χ2v) is 5.23. The first-order valence-corrected chi connectivity index (χ1v) is 6.32. The third-order valence-corrected chi connectivity index (χ3v) is 3.61. The molecule has 2 aromatic rings. The molecule has 1 nitrogen and oxygen atoms in total. The Balaban J connectivity index is 2.66. The molecule has 0 saturated heterocycles. The Bertz CT molecular complexity index is 672. The van der Waals surface area contributed by atoms with E-state index >= 15 is 0 Å². The van der Waals surface area contributed by atoms with E-state index in [9.17, 15) is 18.3 Å². The Morgan fingerprint density at radius 2 is 1.60 bits per heavy atom. The van der Waals surface area contributed by atoms with Crippen LogP contribution in [0.25, 0.3) is 0 Å². The molecule has 1 unspecified atom stereocenters. The van der Waals surface area contributed by atoms with Gasteiger partial charge in [-0.25, -0.2) is 13.2 Å². The van der Waals surface area contributed by atoms with Gasteiger partial charge in [-0.2, -0.15) is 0 Å². The van der Waals surface area contributed by atoms with Crippen molar-refractivity contribution in [2.75, 3.05) is 0 Å². The van der Waals surface area contributed by atoms with Crippen molar-refractivity contribution in [3.8, 4) is 0 Å². The van der Waals surface area contributed by atoms with Crippen molar-refractivity contribution >= 4 is 23.2 Å². The summed E-state index contributed by atoms with van der Waals surface area (Å²) < 4.78 is 40.6. The number of halogens is 5. The first-order chi connectivity index (χ1) is 9.25. The highest BCUT2D eigenvalue weighted by Gasteiger charge is 2.32. The van der Waals surface area contributed by atoms with E-state index in [0.717, 1.165) is 18.2 Å². The summed E-state index contributed by atoms with van der Waals surface area (Å²) in [5.74, 6) is -3.15. The normalized spacial score (nSPS) is 14.2. The van der Waals surface area contributed by atoms with Crippen LogP contribution in [0.4, 0.5) is 13.2 Å². The Hall–Kier alpha value is -1.23. The molecule has 0 aliphatic carbocycles. The lowest BCUT2D eigenvalue weighted by atomic mass is 9.87. The molecule has 0 aliphatic heterocycles. The summed E-state index contributed by atoms with van der Waals surface area (Å²) in [7, 11) is 0. The molecule has 0 amide bonds. The molecule has 2 rings (SSSR count). The topological polar surface area (TPSA) is 20.2 Å². The van der Waals surface area contributed by atoms with Gasteiger partial charge >= 0.3 is 0 Å². The van der Waals surface area contributed by atoms with E-state index in [2.05, 4.69) is 0 Å². The van der Waals surface area contributed by atoms with Crippen molar-refractivity contribution in [3.05, 3.63) is 69.0 Å². The lowest BCUT2D eigenvalue weighted by Crippen LogP contribution is -2.25. The number of benzene rings is 2. The summed E-state index contributed by atoms with van der Waals surface area (Å²) in [4.78, 5) is 0. The quantitative estimate of drug-likeness (QED) is 0.797. The maximum Gasteiger partial charge on any atom is 0.165 e. The second kappa shape index (κ2) is 5.28. The number of hydrogen-bond donors (Lipinski definition) is 1. The molecule has 2 aromatic carbocycles. The van der Waals surface area contributed by atoms with Crippen molar-refractivity contribution in [1.82, 2.24) is 0 Å². The Labute approximate surface area is 123 Å². The predicted molar refractivity (Wildman–Crippen MR) is 71.5 cm³/mol. The van der Waals surface area contributed by atoms with Crippen LogP contribution in [0.1, 0.15) is 18.1 Å². The summed E-state index contributed by atoms with van der Waals surface area (Å²) in [5, 5.41) is 10.2. The van der Waals surface area contributed by atoms with E-state index in [1.165, 1.54) is 19.1 Å². The fourth-order valence-corrected chi connectivity index (χ4v) is 2.49. The standard InChI is InChI=1S/C14H9Cl2F3O/c1-14(20,7-3-2-4-11(17)13(7)19)8-5-12(18)10(16)6-9(8)15/h2-6,20H,1H3. The molecule has 0 fully saturated rings. The minimum Gasteiger partial charge on any atom is -0.381 e. The Morgan fingerprint density at radius 1 is 0.950 bits per heavy atom. The van der Waals surface area contributed by atoms with Crippen LogP contribution < -0.4 is 0 Å². The molecule has 106 valence electrons. The van der Waals surface area contributed by atoms with Gasteiger partial charge in [0.25, 0.3) is 0 Å². The number of rotatable bonds is 2. The van der Waals surface area contributed by atoms with Crippen LogP contribution in [0.5, 0.6) is 0 Å². The van der Waals surface area contributed by atoms with E-state index in [1.54, 1.807) is 0 Å². The SMILES string of the molecule is CC(O)(c1cc(F)c(Cl)cc1Cl)c1cccc(F)c1F. The zero-order valence-electron chi connectivity index (χ0n) is 10.2. The van der Waals surface area contributed by atoms with Gasteiger partial charge < -0.3 is 5.11 Å². The highest BCUT2D eigenvalue weighted by atomic mass is 35.5. The molecule has 0 radical (unpaired) electrons. The summed E-state index contributed by atoms with van der Waals surface area (Å²) in [6, 6.07) is 5.34. The maximum atomic E-state index is 13.8. The van der Waals surface area contributed by atoms with Gasteiger partial charge in [-0.1, -0.05) is 35.3 Å². The molecule has 0 saturated carbocycles. The molecular formula is C14H9Cl2F3O. The zero-order valence-corrected chi connectivity index (χ0v) is 11.7. The highest BCUT2D eigenvalue weighted by molar-refractivity contribution is 6.35. The summed E-state index contributed by atoms with van der Waals surface area (Å²) >= 11 is 11.5. The van der Waals surface area contributed by atoms with E-state index in [4.69, 9.17) is 23.2 Å². The van der Waals surface area contributed by atoms with Crippen LogP contribution in [-0.4, -0.2) is 5.11 Å². The van der Waals surface area contributed by atoms with Crippen LogP contribution >= 0.6 is 23.2 Å². The molecular weight excluding hydrogens is 312 g/mol. The fourth-order valence-electron chi connectivity index (χ4n) is 1.92. The smallest absolute Gasteiger partial charge is 0.165 e. The van der Waals surface area contributed by atoms with Crippen molar-refractivity contribution in [1.29, 1.82) is 0 Å². The van der Waals surface area contributed by atoms with E-state index in [-0.39, 0.29) is 21.2 Å². The van der Waals surface area contributed by atoms with Gasteiger partial charge in [-0.15, -0.1) is 0 Å². The minimum atomic E-state index is -2.01. The average Bonchev–Trinajstić information content (AvgIpc) is 2.36. The van der Waals surface area contributed by atoms with Crippen LogP contribution in [0, 0.1) is 17.5 Å². The molecule has 1 atom stereocenters. The van der Waals surface area contributed by atoms with Gasteiger partial charge in [0.1, 0.15) is 11.4 Å². The summed E-state index contributed by atoms with van der Waals surface area (Å²) in [5.41, 5.74) is -2.46. The average molecular weight is 321 g/mol. The third-order valence-electron chi connectivity index (χ3n) is 3.01. The van der Waals surface area contributed by atoms with Gasteiger partial charge in [-0.3, -0.25) is 0 Å². The fraction of sp³-hybridized carbons (Fsp3) is 0.143. The molecule has 6 heteroatoms. The zero-order chi connectivity index (χ0) is 15.1. The first kappa shape index (κ1) is 15.2. The lowest BCUT2D eigenvalue weighted by Gasteiger charge is -2.26. The largest absolute Gasteiger partial charge is 0.381 e. The maximum absolute atomic E-state index is 13.8. The van der Waals surface area contributed by atoms with Gasteiger partial charge in [-0.05, 0) is 25.1 Å². The van der Waals surface area contributed by atoms with Gasteiger partial charge in [0.2, 0.25) is 0 Å². The van der Waals surface area contributed by atoms with Crippen molar-refractivity contribution in [3.63, 3.8) is 0 Å². The molecule has 0 aromatic heterocycles. The van der Waals surface area contributed by atoms with E-state index < -0.39 is 23.1 Å². The van der Waals surface area contributed by atoms with Gasteiger partial charge in [0.05, 0.1) is 5.02 Å². The molecule has 1 N–H and O–H groups in total. The van der Waals surface area contributed by atoms with Crippen LogP contribution in [0.2, 0.25) is 10.0 Å². The van der Waals surface area contributed by atoms with Crippen molar-refractivity contribution in [2.24, 2.45) is 0 Å². The summed E-state index contributed by atoms with van der Waals surface area (Å²) in [6.45, 7) is 1.19. The van der Waals surface area contributed by atoms with Gasteiger partial charge in [0, 0.05) is 16.1 Å². The van der Waals surface area contributed by atoms with Crippen LogP contribution in [-0.2, 0) is 5.60 Å². The highest BCUT2D eigenvalue weighted by Crippen LogP contribution is 2.37. The molecule has 0 bridgehead atoms. The monoisotopic (exact) mass is 320 g/mol. The number of aliphatic hydroxyl groups is 1. The van der Waals surface area contributed by atoms with Crippen LogP contribution in [0.15, 0.2) is 30.3 Å². The molecule has 20 heavy (non-hydrogen) atoms. The summed E-state index contributed by atoms with van der Waals surface area (Å²) in [6.07, 6.45) is 0. The lowest BCUT2D eigenvalue weighted by molar-refractivity contribution is 0.0967. The first-order valence-electron chi connectivity index (χ1n) is 5.57. The molecule has 0 heterocycles. The molecule has 0 aliphatic rings. The third kappa shape index (κ3) is 2.51. The molecule has 0 spiro atoms. The van der Waals surface area contributed by atoms with E-state index in [1.807, 2.05) is 0 Å². The number of hydrogen-bond acceptors (Lipinski definition) is 1.